The molecule has 2 aliphatic heterocycles. The van der Waals surface area contributed by atoms with Crippen molar-refractivity contribution in [2.45, 2.75) is 58.2 Å². The van der Waals surface area contributed by atoms with Crippen LogP contribution in [0.2, 0.25) is 0 Å². The summed E-state index contributed by atoms with van der Waals surface area (Å²) in [6.07, 6.45) is 4.32. The number of imidazole rings is 1. The Kier molecular flexibility index (Phi) is 11.2. The molecule has 2 saturated heterocycles. The Labute approximate surface area is 295 Å². The Morgan fingerprint density at radius 3 is 2.12 bits per heavy atom. The van der Waals surface area contributed by atoms with Gasteiger partial charge >= 0.3 is 6.09 Å². The van der Waals surface area contributed by atoms with Gasteiger partial charge in [0.05, 0.1) is 29.4 Å². The third-order valence-electron chi connectivity index (χ3n) is 8.77. The van der Waals surface area contributed by atoms with Gasteiger partial charge in [-0.1, -0.05) is 48.5 Å². The van der Waals surface area contributed by atoms with Crippen LogP contribution in [0.3, 0.4) is 0 Å². The number of rotatable bonds is 7. The first-order valence-corrected chi connectivity index (χ1v) is 18.3. The highest BCUT2D eigenvalue weighted by atomic mass is 32.2. The Morgan fingerprint density at radius 2 is 1.49 bits per heavy atom. The zero-order valence-electron chi connectivity index (χ0n) is 28.2. The number of benzene rings is 3. The highest BCUT2D eigenvalue weighted by Crippen LogP contribution is 2.32. The third-order valence-corrected chi connectivity index (χ3v) is 10.4. The van der Waals surface area contributed by atoms with Crippen molar-refractivity contribution in [1.29, 1.82) is 0 Å². The van der Waals surface area contributed by atoms with Crippen LogP contribution in [0.1, 0.15) is 67.8 Å². The Morgan fingerprint density at radius 1 is 0.878 bits per heavy atom. The van der Waals surface area contributed by atoms with Gasteiger partial charge in [0.1, 0.15) is 11.4 Å². The first-order valence-electron chi connectivity index (χ1n) is 16.5. The second-order valence-electron chi connectivity index (χ2n) is 13.6. The maximum atomic E-state index is 12.9. The Balaban J connectivity index is 0.00000468. The van der Waals surface area contributed by atoms with Gasteiger partial charge in [-0.25, -0.2) is 18.2 Å². The summed E-state index contributed by atoms with van der Waals surface area (Å²) < 4.78 is 29.0. The standard InChI is InChI=1S/C37H43N5O5S.H2S/c1-37(2,3)47-36(44)42-19-5-4-6-33(42)34-38-24-32(40-34)29-13-9-27(10-14-29)28-11-15-30(16-12-28)35(43)39-31-17-7-26(8-18-31)25-41-20-22-48(45,46)23-21-41;/h7-18,24,33H,4-6,19-23,25H2,1-3H3,(H,38,40)(H,39,43);1H2/t33-;/m0./s1. The van der Waals surface area contributed by atoms with Crippen LogP contribution in [-0.2, 0) is 21.1 Å². The monoisotopic (exact) mass is 703 g/mol. The lowest BCUT2D eigenvalue weighted by Crippen LogP contribution is -2.42. The minimum absolute atomic E-state index is 0. The average molecular weight is 704 g/mol. The number of likely N-dealkylation sites (tertiary alicyclic amines) is 1. The van der Waals surface area contributed by atoms with Crippen molar-refractivity contribution in [2.24, 2.45) is 0 Å². The zero-order valence-corrected chi connectivity index (χ0v) is 30.1. The molecule has 12 heteroatoms. The van der Waals surface area contributed by atoms with Gasteiger partial charge in [-0.15, -0.1) is 0 Å². The molecule has 260 valence electrons. The van der Waals surface area contributed by atoms with Crippen LogP contribution in [0.25, 0.3) is 22.4 Å². The Bertz CT molecular complexity index is 1840. The molecule has 1 aromatic heterocycles. The third kappa shape index (κ3) is 9.31. The lowest BCUT2D eigenvalue weighted by molar-refractivity contribution is 0.00853. The first kappa shape index (κ1) is 36.2. The van der Waals surface area contributed by atoms with Gasteiger partial charge in [0.25, 0.3) is 5.91 Å². The molecule has 2 amide bonds. The van der Waals surface area contributed by atoms with Crippen LogP contribution < -0.4 is 5.32 Å². The molecule has 0 radical (unpaired) electrons. The van der Waals surface area contributed by atoms with Crippen molar-refractivity contribution < 1.29 is 22.7 Å². The van der Waals surface area contributed by atoms with E-state index in [0.29, 0.717) is 37.4 Å². The normalized spacial score (nSPS) is 17.9. The summed E-state index contributed by atoms with van der Waals surface area (Å²) in [5, 5.41) is 2.96. The van der Waals surface area contributed by atoms with Crippen molar-refractivity contribution in [1.82, 2.24) is 19.8 Å². The number of aromatic nitrogens is 2. The van der Waals surface area contributed by atoms with E-state index in [2.05, 4.69) is 20.2 Å². The highest BCUT2D eigenvalue weighted by Gasteiger charge is 2.33. The fraction of sp³-hybridized carbons (Fsp3) is 0.378. The minimum Gasteiger partial charge on any atom is -0.444 e. The van der Waals surface area contributed by atoms with E-state index >= 15 is 0 Å². The van der Waals surface area contributed by atoms with Crippen molar-refractivity contribution in [2.75, 3.05) is 36.5 Å². The van der Waals surface area contributed by atoms with E-state index in [0.717, 1.165) is 53.0 Å². The number of sulfone groups is 1. The number of aromatic amines is 1. The predicted molar refractivity (Wildman–Crippen MR) is 198 cm³/mol. The van der Waals surface area contributed by atoms with Crippen molar-refractivity contribution in [3.8, 4) is 22.4 Å². The van der Waals surface area contributed by atoms with E-state index < -0.39 is 15.4 Å². The molecule has 49 heavy (non-hydrogen) atoms. The molecule has 4 aromatic rings. The van der Waals surface area contributed by atoms with Crippen LogP contribution in [0, 0.1) is 0 Å². The van der Waals surface area contributed by atoms with E-state index in [1.165, 1.54) is 0 Å². The van der Waals surface area contributed by atoms with E-state index in [-0.39, 0.29) is 43.0 Å². The van der Waals surface area contributed by atoms with Crippen molar-refractivity contribution in [3.05, 3.63) is 95.9 Å². The fourth-order valence-electron chi connectivity index (χ4n) is 6.13. The molecule has 0 spiro atoms. The smallest absolute Gasteiger partial charge is 0.410 e. The summed E-state index contributed by atoms with van der Waals surface area (Å²) >= 11 is 0. The van der Waals surface area contributed by atoms with Crippen LogP contribution in [-0.4, -0.2) is 76.9 Å². The summed E-state index contributed by atoms with van der Waals surface area (Å²) in [5.74, 6) is 0.984. The predicted octanol–water partition coefficient (Wildman–Crippen LogP) is 6.80. The molecular weight excluding hydrogens is 659 g/mol. The number of carbonyl (C=O) groups is 2. The summed E-state index contributed by atoms with van der Waals surface area (Å²) in [5.41, 5.74) is 5.67. The molecule has 2 fully saturated rings. The number of nitrogens with one attached hydrogen (secondary N) is 2. The molecule has 6 rings (SSSR count). The van der Waals surface area contributed by atoms with E-state index in [1.807, 2.05) is 99.8 Å². The SMILES string of the molecule is CC(C)(C)OC(=O)N1CCCC[C@H]1c1ncc(-c2ccc(-c3ccc(C(=O)Nc4ccc(CN5CCS(=O)(=O)CC5)cc4)cc3)cc2)[nH]1.S. The lowest BCUT2D eigenvalue weighted by Gasteiger charge is -2.35. The first-order chi connectivity index (χ1) is 22.9. The molecule has 2 aliphatic rings. The second-order valence-corrected chi connectivity index (χ2v) is 15.9. The quantitative estimate of drug-likeness (QED) is 0.217. The van der Waals surface area contributed by atoms with Crippen LogP contribution in [0.5, 0.6) is 0 Å². The van der Waals surface area contributed by atoms with Crippen molar-refractivity contribution >= 4 is 41.0 Å². The van der Waals surface area contributed by atoms with Gasteiger partial charge < -0.3 is 15.0 Å². The topological polar surface area (TPSA) is 125 Å². The summed E-state index contributed by atoms with van der Waals surface area (Å²) in [6.45, 7) is 8.06. The lowest BCUT2D eigenvalue weighted by atomic mass is 10.0. The number of nitrogens with zero attached hydrogens (tertiary/aromatic N) is 3. The Hall–Kier alpha value is -4.13. The number of hydrogen-bond donors (Lipinski definition) is 2. The van der Waals surface area contributed by atoms with E-state index in [4.69, 9.17) is 4.74 Å². The highest BCUT2D eigenvalue weighted by molar-refractivity contribution is 7.91. The summed E-state index contributed by atoms with van der Waals surface area (Å²) in [6, 6.07) is 23.2. The van der Waals surface area contributed by atoms with E-state index in [1.54, 1.807) is 4.90 Å². The van der Waals surface area contributed by atoms with Gasteiger partial charge in [0.2, 0.25) is 0 Å². The number of hydrogen-bond acceptors (Lipinski definition) is 7. The molecule has 2 N–H and O–H groups in total. The summed E-state index contributed by atoms with van der Waals surface area (Å²) in [4.78, 5) is 37.9. The maximum Gasteiger partial charge on any atom is 0.410 e. The molecule has 0 unspecified atom stereocenters. The fourth-order valence-corrected chi connectivity index (χ4v) is 7.40. The molecule has 3 aromatic carbocycles. The van der Waals surface area contributed by atoms with Crippen LogP contribution in [0.4, 0.5) is 10.5 Å². The number of ether oxygens (including phenoxy) is 1. The average Bonchev–Trinajstić information content (AvgIpc) is 3.56. The van der Waals surface area contributed by atoms with Gasteiger partial charge in [-0.3, -0.25) is 14.6 Å². The molecule has 10 nitrogen and oxygen atoms in total. The van der Waals surface area contributed by atoms with Gasteiger partial charge in [-0.05, 0) is 86.6 Å². The molecular formula is C37H45N5O5S2. The largest absolute Gasteiger partial charge is 0.444 e. The summed E-state index contributed by atoms with van der Waals surface area (Å²) in [7, 11) is -2.90. The maximum absolute atomic E-state index is 12.9. The van der Waals surface area contributed by atoms with Crippen molar-refractivity contribution in [3.63, 3.8) is 0 Å². The zero-order chi connectivity index (χ0) is 33.9. The second kappa shape index (κ2) is 15.2. The minimum atomic E-state index is -2.90. The van der Waals surface area contributed by atoms with E-state index in [9.17, 15) is 18.0 Å². The van der Waals surface area contributed by atoms with Gasteiger partial charge in [0.15, 0.2) is 9.84 Å². The van der Waals surface area contributed by atoms with Gasteiger partial charge in [-0.2, -0.15) is 13.5 Å². The number of carbonyl (C=O) groups excluding carboxylic acids is 2. The number of anilines is 1. The number of piperidine rings is 1. The molecule has 0 aliphatic carbocycles. The van der Waals surface area contributed by atoms with Gasteiger partial charge in [0, 0.05) is 37.4 Å². The van der Waals surface area contributed by atoms with Crippen LogP contribution in [0.15, 0.2) is 79.0 Å². The molecule has 1 atom stereocenters. The number of amides is 2. The molecule has 0 saturated carbocycles. The van der Waals surface area contributed by atoms with Crippen LogP contribution >= 0.6 is 13.5 Å². The molecule has 3 heterocycles. The number of H-pyrrole nitrogens is 1. The molecule has 0 bridgehead atoms.